The minimum absolute atomic E-state index is 0.711. The van der Waals surface area contributed by atoms with Crippen LogP contribution in [-0.2, 0) is 0 Å². The molecule has 1 unspecified atom stereocenters. The summed E-state index contributed by atoms with van der Waals surface area (Å²) in [6.07, 6.45) is 1.31. The Morgan fingerprint density at radius 3 is 2.79 bits per heavy atom. The van der Waals surface area contributed by atoms with E-state index >= 15 is 0 Å². The van der Waals surface area contributed by atoms with E-state index in [4.69, 9.17) is 0 Å². The number of likely N-dealkylation sites (tertiary alicyclic amines) is 1. The van der Waals surface area contributed by atoms with Crippen molar-refractivity contribution in [1.29, 1.82) is 0 Å². The summed E-state index contributed by atoms with van der Waals surface area (Å²) in [6, 6.07) is 1.56. The molecule has 0 aliphatic carbocycles. The van der Waals surface area contributed by atoms with Crippen molar-refractivity contribution in [3.8, 4) is 0 Å². The van der Waals surface area contributed by atoms with Gasteiger partial charge in [0.2, 0.25) is 0 Å². The van der Waals surface area contributed by atoms with Gasteiger partial charge in [-0.2, -0.15) is 0 Å². The first kappa shape index (κ1) is 10.4. The van der Waals surface area contributed by atoms with Crippen molar-refractivity contribution in [2.45, 2.75) is 32.4 Å². The van der Waals surface area contributed by atoms with E-state index in [1.165, 1.54) is 45.7 Å². The van der Waals surface area contributed by atoms with Gasteiger partial charge in [0.25, 0.3) is 0 Å². The lowest BCUT2D eigenvalue weighted by Gasteiger charge is -2.44. The fraction of sp³-hybridized carbons (Fsp3) is 1.00. The Labute approximate surface area is 87.4 Å². The van der Waals surface area contributed by atoms with Crippen molar-refractivity contribution in [3.05, 3.63) is 0 Å². The van der Waals surface area contributed by atoms with Crippen molar-refractivity contribution < 1.29 is 0 Å². The molecule has 0 spiro atoms. The van der Waals surface area contributed by atoms with Gasteiger partial charge in [-0.3, -0.25) is 4.90 Å². The van der Waals surface area contributed by atoms with Crippen LogP contribution in [-0.4, -0.2) is 61.2 Å². The largest absolute Gasteiger partial charge is 0.313 e. The van der Waals surface area contributed by atoms with E-state index in [9.17, 15) is 0 Å². The van der Waals surface area contributed by atoms with Gasteiger partial charge in [0.1, 0.15) is 0 Å². The van der Waals surface area contributed by atoms with Crippen LogP contribution in [0.5, 0.6) is 0 Å². The lowest BCUT2D eigenvalue weighted by Crippen LogP contribution is -2.59. The maximum Gasteiger partial charge on any atom is 0.0350 e. The molecule has 0 saturated carbocycles. The molecule has 14 heavy (non-hydrogen) atoms. The van der Waals surface area contributed by atoms with Crippen LogP contribution in [0.1, 0.15) is 20.3 Å². The molecule has 0 amide bonds. The molecule has 0 bridgehead atoms. The Morgan fingerprint density at radius 1 is 1.29 bits per heavy atom. The van der Waals surface area contributed by atoms with Gasteiger partial charge in [-0.25, -0.2) is 0 Å². The molecule has 0 aromatic rings. The van der Waals surface area contributed by atoms with Crippen LogP contribution in [0.4, 0.5) is 0 Å². The molecule has 1 atom stereocenters. The SMILES string of the molecule is CCN1CC(N2CCNC(C)CC2)C1. The zero-order valence-electron chi connectivity index (χ0n) is 9.50. The summed E-state index contributed by atoms with van der Waals surface area (Å²) in [5.74, 6) is 0. The van der Waals surface area contributed by atoms with E-state index < -0.39 is 0 Å². The van der Waals surface area contributed by atoms with Gasteiger partial charge in [0.15, 0.2) is 0 Å². The first-order valence-electron chi connectivity index (χ1n) is 5.99. The standard InChI is InChI=1S/C11H23N3/c1-3-13-8-11(9-13)14-6-4-10(2)12-5-7-14/h10-12H,3-9H2,1-2H3. The molecular formula is C11H23N3. The molecule has 1 N–H and O–H groups in total. The van der Waals surface area contributed by atoms with Crippen molar-refractivity contribution in [1.82, 2.24) is 15.1 Å². The van der Waals surface area contributed by atoms with E-state index in [2.05, 4.69) is 29.0 Å². The maximum absolute atomic E-state index is 3.55. The first-order valence-corrected chi connectivity index (χ1v) is 5.99. The van der Waals surface area contributed by atoms with Crippen molar-refractivity contribution in [2.24, 2.45) is 0 Å². The number of hydrogen-bond acceptors (Lipinski definition) is 3. The average molecular weight is 197 g/mol. The monoisotopic (exact) mass is 197 g/mol. The van der Waals surface area contributed by atoms with Crippen LogP contribution in [0.2, 0.25) is 0 Å². The predicted molar refractivity (Wildman–Crippen MR) is 59.6 cm³/mol. The lowest BCUT2D eigenvalue weighted by atomic mass is 10.1. The summed E-state index contributed by atoms with van der Waals surface area (Å²) >= 11 is 0. The molecule has 0 aromatic carbocycles. The van der Waals surface area contributed by atoms with E-state index in [0.717, 1.165) is 6.04 Å². The molecule has 0 aromatic heterocycles. The number of nitrogens with zero attached hydrogens (tertiary/aromatic N) is 2. The highest BCUT2D eigenvalue weighted by atomic mass is 15.3. The smallest absolute Gasteiger partial charge is 0.0350 e. The Kier molecular flexibility index (Phi) is 3.42. The topological polar surface area (TPSA) is 18.5 Å². The summed E-state index contributed by atoms with van der Waals surface area (Å²) in [5, 5.41) is 3.55. The number of rotatable bonds is 2. The van der Waals surface area contributed by atoms with Gasteiger partial charge >= 0.3 is 0 Å². The van der Waals surface area contributed by atoms with Crippen LogP contribution in [0.3, 0.4) is 0 Å². The molecule has 82 valence electrons. The predicted octanol–water partition coefficient (Wildman–Crippen LogP) is 0.374. The van der Waals surface area contributed by atoms with Gasteiger partial charge in [-0.15, -0.1) is 0 Å². The van der Waals surface area contributed by atoms with E-state index in [-0.39, 0.29) is 0 Å². The van der Waals surface area contributed by atoms with Crippen LogP contribution < -0.4 is 5.32 Å². The fourth-order valence-corrected chi connectivity index (χ4v) is 2.42. The van der Waals surface area contributed by atoms with Crippen molar-refractivity contribution >= 4 is 0 Å². The van der Waals surface area contributed by atoms with Crippen LogP contribution in [0.25, 0.3) is 0 Å². The zero-order valence-corrected chi connectivity index (χ0v) is 9.50. The number of likely N-dealkylation sites (N-methyl/N-ethyl adjacent to an activating group) is 1. The highest BCUT2D eigenvalue weighted by Gasteiger charge is 2.30. The summed E-state index contributed by atoms with van der Waals surface area (Å²) in [6.45, 7) is 12.1. The molecule has 2 saturated heterocycles. The van der Waals surface area contributed by atoms with Crippen LogP contribution >= 0.6 is 0 Å². The summed E-state index contributed by atoms with van der Waals surface area (Å²) < 4.78 is 0. The van der Waals surface area contributed by atoms with Crippen LogP contribution in [0.15, 0.2) is 0 Å². The third kappa shape index (κ3) is 2.27. The quantitative estimate of drug-likeness (QED) is 0.690. The number of nitrogens with one attached hydrogen (secondary N) is 1. The molecule has 2 heterocycles. The highest BCUT2D eigenvalue weighted by molar-refractivity contribution is 4.89. The second-order valence-corrected chi connectivity index (χ2v) is 4.69. The van der Waals surface area contributed by atoms with Crippen molar-refractivity contribution in [3.63, 3.8) is 0 Å². The lowest BCUT2D eigenvalue weighted by molar-refractivity contribution is 0.0414. The minimum atomic E-state index is 0.711. The number of hydrogen-bond donors (Lipinski definition) is 1. The Balaban J connectivity index is 1.75. The van der Waals surface area contributed by atoms with Gasteiger partial charge in [0, 0.05) is 44.8 Å². The molecule has 2 rings (SSSR count). The summed E-state index contributed by atoms with van der Waals surface area (Å²) in [7, 11) is 0. The average Bonchev–Trinajstić information content (AvgIpc) is 2.29. The summed E-state index contributed by atoms with van der Waals surface area (Å²) in [5.41, 5.74) is 0. The molecule has 0 radical (unpaired) electrons. The van der Waals surface area contributed by atoms with Gasteiger partial charge in [-0.05, 0) is 19.9 Å². The first-order chi connectivity index (χ1) is 6.79. The highest BCUT2D eigenvalue weighted by Crippen LogP contribution is 2.15. The molecular weight excluding hydrogens is 174 g/mol. The normalized spacial score (nSPS) is 32.6. The Morgan fingerprint density at radius 2 is 2.07 bits per heavy atom. The second kappa shape index (κ2) is 4.60. The minimum Gasteiger partial charge on any atom is -0.313 e. The molecule has 3 nitrogen and oxygen atoms in total. The second-order valence-electron chi connectivity index (χ2n) is 4.69. The Bertz CT molecular complexity index is 177. The van der Waals surface area contributed by atoms with Gasteiger partial charge in [-0.1, -0.05) is 6.92 Å². The zero-order chi connectivity index (χ0) is 9.97. The molecule has 2 aliphatic heterocycles. The molecule has 2 aliphatic rings. The molecule has 2 fully saturated rings. The molecule has 3 heteroatoms. The van der Waals surface area contributed by atoms with Crippen molar-refractivity contribution in [2.75, 3.05) is 39.3 Å². The fourth-order valence-electron chi connectivity index (χ4n) is 2.42. The van der Waals surface area contributed by atoms with E-state index in [0.29, 0.717) is 6.04 Å². The third-order valence-electron chi connectivity index (χ3n) is 3.64. The van der Waals surface area contributed by atoms with Gasteiger partial charge in [0.05, 0.1) is 0 Å². The third-order valence-corrected chi connectivity index (χ3v) is 3.64. The van der Waals surface area contributed by atoms with Gasteiger partial charge < -0.3 is 10.2 Å². The van der Waals surface area contributed by atoms with E-state index in [1.54, 1.807) is 0 Å². The maximum atomic E-state index is 3.55. The van der Waals surface area contributed by atoms with Crippen LogP contribution in [0, 0.1) is 0 Å². The van der Waals surface area contributed by atoms with E-state index in [1.807, 2.05) is 0 Å². The Hall–Kier alpha value is -0.120. The summed E-state index contributed by atoms with van der Waals surface area (Å²) in [4.78, 5) is 5.19.